The van der Waals surface area contributed by atoms with Crippen LogP contribution in [0.4, 0.5) is 0 Å². The van der Waals surface area contributed by atoms with Crippen LogP contribution in [0.1, 0.15) is 22.5 Å². The van der Waals surface area contributed by atoms with Gasteiger partial charge >= 0.3 is 0 Å². The van der Waals surface area contributed by atoms with Gasteiger partial charge < -0.3 is 19.9 Å². The number of aryl methyl sites for hydroxylation is 1. The molecule has 3 aromatic rings. The molecule has 0 bridgehead atoms. The fourth-order valence-corrected chi connectivity index (χ4v) is 3.13. The number of hydrogen-bond acceptors (Lipinski definition) is 3. The third kappa shape index (κ3) is 7.05. The van der Waals surface area contributed by atoms with E-state index in [0.29, 0.717) is 0 Å². The van der Waals surface area contributed by atoms with E-state index in [1.807, 2.05) is 31.5 Å². The van der Waals surface area contributed by atoms with Crippen LogP contribution in [0.25, 0.3) is 0 Å². The molecule has 0 radical (unpaired) electrons. The molecule has 7 heteroatoms. The van der Waals surface area contributed by atoms with Gasteiger partial charge in [-0.25, -0.2) is 4.98 Å². The van der Waals surface area contributed by atoms with Crippen molar-refractivity contribution in [3.63, 3.8) is 0 Å². The summed E-state index contributed by atoms with van der Waals surface area (Å²) in [7, 11) is 3.47. The molecular weight excluding hydrogens is 489 g/mol. The summed E-state index contributed by atoms with van der Waals surface area (Å²) in [6, 6.07) is 16.7. The summed E-state index contributed by atoms with van der Waals surface area (Å²) in [5.74, 6) is 2.70. The molecule has 3 rings (SSSR count). The molecule has 2 aromatic carbocycles. The summed E-state index contributed by atoms with van der Waals surface area (Å²) in [6.07, 6.45) is 4.77. The molecule has 30 heavy (non-hydrogen) atoms. The number of methoxy groups -OCH3 is 1. The molecule has 6 nitrogen and oxygen atoms in total. The van der Waals surface area contributed by atoms with E-state index >= 15 is 0 Å². The average molecular weight is 519 g/mol. The Kier molecular flexibility index (Phi) is 9.66. The molecule has 160 valence electrons. The van der Waals surface area contributed by atoms with E-state index in [0.717, 1.165) is 43.6 Å². The zero-order valence-electron chi connectivity index (χ0n) is 17.8. The van der Waals surface area contributed by atoms with E-state index in [1.54, 1.807) is 14.2 Å². The van der Waals surface area contributed by atoms with E-state index in [4.69, 9.17) is 4.74 Å². The number of benzene rings is 2. The first-order valence-electron chi connectivity index (χ1n) is 9.81. The minimum absolute atomic E-state index is 0. The maximum Gasteiger partial charge on any atom is 0.191 e. The number of rotatable bonds is 8. The highest BCUT2D eigenvalue weighted by Gasteiger charge is 2.02. The molecular formula is C23H30IN5O. The Morgan fingerprint density at radius 2 is 1.83 bits per heavy atom. The molecule has 0 spiro atoms. The Hall–Kier alpha value is -2.55. The van der Waals surface area contributed by atoms with Gasteiger partial charge in [0.1, 0.15) is 11.6 Å². The van der Waals surface area contributed by atoms with Crippen molar-refractivity contribution in [2.24, 2.45) is 4.99 Å². The minimum Gasteiger partial charge on any atom is -0.497 e. The first-order valence-corrected chi connectivity index (χ1v) is 9.81. The Bertz CT molecular complexity index is 937. The molecule has 0 atom stereocenters. The highest BCUT2D eigenvalue weighted by Crippen LogP contribution is 2.11. The lowest BCUT2D eigenvalue weighted by atomic mass is 10.1. The van der Waals surface area contributed by atoms with E-state index in [2.05, 4.69) is 61.6 Å². The van der Waals surface area contributed by atoms with Gasteiger partial charge in [-0.1, -0.05) is 36.4 Å². The number of ether oxygens (including phenoxy) is 1. The SMILES string of the molecule is CN=C(NCCc1ccc(OC)cc1)NCc1cccc(Cn2ccnc2C)c1.I. The normalized spacial score (nSPS) is 11.0. The quantitative estimate of drug-likeness (QED) is 0.270. The summed E-state index contributed by atoms with van der Waals surface area (Å²) in [5, 5.41) is 6.76. The Labute approximate surface area is 195 Å². The third-order valence-corrected chi connectivity index (χ3v) is 4.82. The summed E-state index contributed by atoms with van der Waals surface area (Å²) >= 11 is 0. The smallest absolute Gasteiger partial charge is 0.191 e. The highest BCUT2D eigenvalue weighted by atomic mass is 127. The molecule has 0 fully saturated rings. The number of nitrogens with one attached hydrogen (secondary N) is 2. The van der Waals surface area contributed by atoms with Crippen LogP contribution in [0.15, 0.2) is 65.9 Å². The number of imidazole rings is 1. The molecule has 1 aromatic heterocycles. The second kappa shape index (κ2) is 12.2. The van der Waals surface area contributed by atoms with Gasteiger partial charge in [-0.3, -0.25) is 4.99 Å². The largest absolute Gasteiger partial charge is 0.497 e. The fourth-order valence-electron chi connectivity index (χ4n) is 3.13. The number of hydrogen-bond donors (Lipinski definition) is 2. The van der Waals surface area contributed by atoms with Crippen molar-refractivity contribution in [2.75, 3.05) is 20.7 Å². The first-order chi connectivity index (χ1) is 14.2. The molecule has 0 aliphatic heterocycles. The molecule has 0 aliphatic carbocycles. The lowest BCUT2D eigenvalue weighted by Crippen LogP contribution is -2.37. The molecule has 1 heterocycles. The maximum atomic E-state index is 5.20. The van der Waals surface area contributed by atoms with E-state index in [9.17, 15) is 0 Å². The zero-order valence-corrected chi connectivity index (χ0v) is 20.1. The molecule has 0 saturated heterocycles. The van der Waals surface area contributed by atoms with Gasteiger partial charge in [0.15, 0.2) is 5.96 Å². The van der Waals surface area contributed by atoms with Crippen LogP contribution in [0.2, 0.25) is 0 Å². The van der Waals surface area contributed by atoms with Crippen LogP contribution in [0.3, 0.4) is 0 Å². The molecule has 0 unspecified atom stereocenters. The second-order valence-electron chi connectivity index (χ2n) is 6.87. The maximum absolute atomic E-state index is 5.20. The number of guanidine groups is 1. The predicted molar refractivity (Wildman–Crippen MR) is 133 cm³/mol. The lowest BCUT2D eigenvalue weighted by Gasteiger charge is -2.13. The monoisotopic (exact) mass is 519 g/mol. The van der Waals surface area contributed by atoms with Crippen LogP contribution < -0.4 is 15.4 Å². The Balaban J connectivity index is 0.00000320. The molecule has 2 N–H and O–H groups in total. The van der Waals surface area contributed by atoms with Crippen LogP contribution in [-0.4, -0.2) is 36.2 Å². The highest BCUT2D eigenvalue weighted by molar-refractivity contribution is 14.0. The first kappa shape index (κ1) is 23.7. The van der Waals surface area contributed by atoms with Crippen molar-refractivity contribution in [2.45, 2.75) is 26.4 Å². The van der Waals surface area contributed by atoms with E-state index < -0.39 is 0 Å². The minimum atomic E-state index is 0. The molecule has 0 saturated carbocycles. The average Bonchev–Trinajstić information content (AvgIpc) is 3.15. The van der Waals surface area contributed by atoms with Crippen molar-refractivity contribution >= 4 is 29.9 Å². The topological polar surface area (TPSA) is 63.5 Å². The van der Waals surface area contributed by atoms with E-state index in [1.165, 1.54) is 16.7 Å². The van der Waals surface area contributed by atoms with Gasteiger partial charge in [-0.15, -0.1) is 24.0 Å². The lowest BCUT2D eigenvalue weighted by molar-refractivity contribution is 0.414. The number of halogens is 1. The van der Waals surface area contributed by atoms with Gasteiger partial charge in [-0.2, -0.15) is 0 Å². The van der Waals surface area contributed by atoms with Crippen molar-refractivity contribution in [3.05, 3.63) is 83.4 Å². The van der Waals surface area contributed by atoms with Crippen LogP contribution >= 0.6 is 24.0 Å². The summed E-state index contributed by atoms with van der Waals surface area (Å²) in [4.78, 5) is 8.60. The van der Waals surface area contributed by atoms with Gasteiger partial charge in [0.05, 0.1) is 7.11 Å². The van der Waals surface area contributed by atoms with Crippen LogP contribution in [-0.2, 0) is 19.5 Å². The van der Waals surface area contributed by atoms with Crippen LogP contribution in [0, 0.1) is 6.92 Å². The second-order valence-corrected chi connectivity index (χ2v) is 6.87. The number of aliphatic imine (C=N–C) groups is 1. The number of nitrogens with zero attached hydrogens (tertiary/aromatic N) is 3. The van der Waals surface area contributed by atoms with Crippen molar-refractivity contribution < 1.29 is 4.74 Å². The molecule has 0 aliphatic rings. The zero-order chi connectivity index (χ0) is 20.5. The third-order valence-electron chi connectivity index (χ3n) is 4.82. The Morgan fingerprint density at radius 3 is 2.50 bits per heavy atom. The molecule has 0 amide bonds. The van der Waals surface area contributed by atoms with Gasteiger partial charge in [0.2, 0.25) is 0 Å². The Morgan fingerprint density at radius 1 is 1.07 bits per heavy atom. The fraction of sp³-hybridized carbons (Fsp3) is 0.304. The van der Waals surface area contributed by atoms with Crippen molar-refractivity contribution in [3.8, 4) is 5.75 Å². The summed E-state index contributed by atoms with van der Waals surface area (Å²) in [5.41, 5.74) is 3.74. The summed E-state index contributed by atoms with van der Waals surface area (Å²) < 4.78 is 7.34. The van der Waals surface area contributed by atoms with Gasteiger partial charge in [0, 0.05) is 39.1 Å². The van der Waals surface area contributed by atoms with E-state index in [-0.39, 0.29) is 24.0 Å². The van der Waals surface area contributed by atoms with Crippen molar-refractivity contribution in [1.29, 1.82) is 0 Å². The number of aromatic nitrogens is 2. The van der Waals surface area contributed by atoms with Gasteiger partial charge in [0.25, 0.3) is 0 Å². The van der Waals surface area contributed by atoms with Crippen molar-refractivity contribution in [1.82, 2.24) is 20.2 Å². The standard InChI is InChI=1S/C23H29N5O.HI/c1-18-25-13-14-28(18)17-21-6-4-5-20(15-21)16-27-23(24-2)26-12-11-19-7-9-22(29-3)10-8-19;/h4-10,13-15H,11-12,16-17H2,1-3H3,(H2,24,26,27);1H. The summed E-state index contributed by atoms with van der Waals surface area (Å²) in [6.45, 7) is 4.38. The van der Waals surface area contributed by atoms with Crippen LogP contribution in [0.5, 0.6) is 5.75 Å². The van der Waals surface area contributed by atoms with Gasteiger partial charge in [-0.05, 0) is 42.2 Å². The predicted octanol–water partition coefficient (Wildman–Crippen LogP) is 3.77.